The Morgan fingerprint density at radius 2 is 2.00 bits per heavy atom. The predicted molar refractivity (Wildman–Crippen MR) is 66.5 cm³/mol. The van der Waals surface area contributed by atoms with Crippen LogP contribution in [0.25, 0.3) is 0 Å². The molecule has 0 saturated carbocycles. The zero-order chi connectivity index (χ0) is 13.2. The van der Waals surface area contributed by atoms with Crippen LogP contribution >= 0.6 is 0 Å². The monoisotopic (exact) mass is 250 g/mol. The summed E-state index contributed by atoms with van der Waals surface area (Å²) in [6, 6.07) is 9.10. The van der Waals surface area contributed by atoms with Gasteiger partial charge >= 0.3 is 0 Å². The van der Waals surface area contributed by atoms with Crippen LogP contribution in [0.2, 0.25) is 0 Å². The van der Waals surface area contributed by atoms with Gasteiger partial charge in [0.15, 0.2) is 17.2 Å². The van der Waals surface area contributed by atoms with Gasteiger partial charge in [-0.1, -0.05) is 30.3 Å². The maximum atomic E-state index is 12.4. The molecular weight excluding hydrogens is 232 g/mol. The molecule has 1 heterocycles. The lowest BCUT2D eigenvalue weighted by Crippen LogP contribution is -2.41. The van der Waals surface area contributed by atoms with Gasteiger partial charge in [0.1, 0.15) is 6.61 Å². The van der Waals surface area contributed by atoms with E-state index in [9.17, 15) is 4.79 Å². The van der Waals surface area contributed by atoms with E-state index in [1.54, 1.807) is 33.1 Å². The number of carbonyl (C=O) groups excluding carboxylic acids is 1. The van der Waals surface area contributed by atoms with Gasteiger partial charge in [0, 0.05) is 12.7 Å². The van der Waals surface area contributed by atoms with Gasteiger partial charge in [0.2, 0.25) is 0 Å². The molecule has 18 heavy (non-hydrogen) atoms. The van der Waals surface area contributed by atoms with Crippen LogP contribution in [0.15, 0.2) is 30.3 Å². The quantitative estimate of drug-likeness (QED) is 0.767. The Labute approximate surface area is 107 Å². The Hall–Kier alpha value is -1.23. The number of rotatable bonds is 4. The first-order chi connectivity index (χ1) is 8.49. The molecule has 1 aliphatic rings. The van der Waals surface area contributed by atoms with Gasteiger partial charge < -0.3 is 14.2 Å². The number of ether oxygens (including phenoxy) is 3. The standard InChI is InChI=1S/C14H18O4/c1-13(9-17-14(2,18-13)10-16-3)12(15)11-7-5-4-6-8-11/h4-8H,9-10H2,1-3H3. The number of Topliss-reactive ketones (excluding diaryl/α,β-unsaturated/α-hetero) is 1. The number of hydrogen-bond donors (Lipinski definition) is 0. The second-order valence-corrected chi connectivity index (χ2v) is 4.88. The molecule has 1 fully saturated rings. The molecule has 1 aromatic carbocycles. The molecule has 1 saturated heterocycles. The smallest absolute Gasteiger partial charge is 0.196 e. The summed E-state index contributed by atoms with van der Waals surface area (Å²) in [6.07, 6.45) is 0. The highest BCUT2D eigenvalue weighted by atomic mass is 16.8. The summed E-state index contributed by atoms with van der Waals surface area (Å²) in [5.74, 6) is -0.920. The van der Waals surface area contributed by atoms with E-state index >= 15 is 0 Å². The summed E-state index contributed by atoms with van der Waals surface area (Å²) in [7, 11) is 1.58. The highest BCUT2D eigenvalue weighted by molar-refractivity contribution is 6.02. The van der Waals surface area contributed by atoms with Gasteiger partial charge in [-0.25, -0.2) is 0 Å². The normalized spacial score (nSPS) is 31.5. The van der Waals surface area contributed by atoms with Crippen LogP contribution in [0.3, 0.4) is 0 Å². The van der Waals surface area contributed by atoms with Crippen molar-refractivity contribution >= 4 is 5.78 Å². The zero-order valence-corrected chi connectivity index (χ0v) is 10.9. The van der Waals surface area contributed by atoms with Crippen molar-refractivity contribution in [2.75, 3.05) is 20.3 Å². The van der Waals surface area contributed by atoms with Gasteiger partial charge in [-0.15, -0.1) is 0 Å². The average molecular weight is 250 g/mol. The molecule has 1 aliphatic heterocycles. The van der Waals surface area contributed by atoms with Gasteiger partial charge in [0.05, 0.1) is 6.61 Å². The van der Waals surface area contributed by atoms with Crippen LogP contribution in [-0.2, 0) is 14.2 Å². The Kier molecular flexibility index (Phi) is 3.52. The topological polar surface area (TPSA) is 44.8 Å². The molecule has 0 aliphatic carbocycles. The second kappa shape index (κ2) is 4.80. The molecule has 4 nitrogen and oxygen atoms in total. The van der Waals surface area contributed by atoms with E-state index in [1.807, 2.05) is 18.2 Å². The fraction of sp³-hybridized carbons (Fsp3) is 0.500. The number of hydrogen-bond acceptors (Lipinski definition) is 4. The van der Waals surface area contributed by atoms with E-state index in [2.05, 4.69) is 0 Å². The third-order valence-electron chi connectivity index (χ3n) is 3.02. The van der Waals surface area contributed by atoms with E-state index in [0.29, 0.717) is 12.2 Å². The first-order valence-electron chi connectivity index (χ1n) is 5.92. The molecule has 2 rings (SSSR count). The molecule has 0 bridgehead atoms. The summed E-state index contributed by atoms with van der Waals surface area (Å²) < 4.78 is 16.4. The van der Waals surface area contributed by atoms with Crippen LogP contribution in [0, 0.1) is 0 Å². The van der Waals surface area contributed by atoms with Gasteiger partial charge in [-0.05, 0) is 13.8 Å². The molecule has 2 unspecified atom stereocenters. The van der Waals surface area contributed by atoms with Crippen molar-refractivity contribution in [3.8, 4) is 0 Å². The third-order valence-corrected chi connectivity index (χ3v) is 3.02. The molecule has 0 radical (unpaired) electrons. The molecule has 0 N–H and O–H groups in total. The first-order valence-corrected chi connectivity index (χ1v) is 5.92. The Morgan fingerprint density at radius 1 is 1.33 bits per heavy atom. The predicted octanol–water partition coefficient (Wildman–Crippen LogP) is 2.04. The van der Waals surface area contributed by atoms with Gasteiger partial charge in [-0.3, -0.25) is 4.79 Å². The lowest BCUT2D eigenvalue weighted by Gasteiger charge is -2.26. The van der Waals surface area contributed by atoms with Crippen LogP contribution in [0.4, 0.5) is 0 Å². The maximum absolute atomic E-state index is 12.4. The number of carbonyl (C=O) groups is 1. The van der Waals surface area contributed by atoms with Crippen molar-refractivity contribution in [2.24, 2.45) is 0 Å². The average Bonchev–Trinajstić information content (AvgIpc) is 2.67. The summed E-state index contributed by atoms with van der Waals surface area (Å²) >= 11 is 0. The Balaban J connectivity index is 2.17. The van der Waals surface area contributed by atoms with Gasteiger partial charge in [0.25, 0.3) is 0 Å². The molecular formula is C14H18O4. The molecule has 2 atom stereocenters. The highest BCUT2D eigenvalue weighted by Crippen LogP contribution is 2.33. The number of methoxy groups -OCH3 is 1. The van der Waals surface area contributed by atoms with E-state index < -0.39 is 11.4 Å². The molecule has 0 amide bonds. The third kappa shape index (κ3) is 2.46. The van der Waals surface area contributed by atoms with Gasteiger partial charge in [-0.2, -0.15) is 0 Å². The summed E-state index contributed by atoms with van der Waals surface area (Å²) in [5.41, 5.74) is -0.320. The lowest BCUT2D eigenvalue weighted by molar-refractivity contribution is -0.191. The number of benzene rings is 1. The van der Waals surface area contributed by atoms with Crippen molar-refractivity contribution in [1.29, 1.82) is 0 Å². The Morgan fingerprint density at radius 3 is 2.61 bits per heavy atom. The van der Waals surface area contributed by atoms with Crippen molar-refractivity contribution < 1.29 is 19.0 Å². The van der Waals surface area contributed by atoms with E-state index in [0.717, 1.165) is 0 Å². The largest absolute Gasteiger partial charge is 0.379 e. The van der Waals surface area contributed by atoms with Crippen LogP contribution in [0.5, 0.6) is 0 Å². The van der Waals surface area contributed by atoms with Crippen LogP contribution in [-0.4, -0.2) is 37.5 Å². The fourth-order valence-corrected chi connectivity index (χ4v) is 2.17. The summed E-state index contributed by atoms with van der Waals surface area (Å²) in [5, 5.41) is 0. The fourth-order valence-electron chi connectivity index (χ4n) is 2.17. The molecule has 98 valence electrons. The van der Waals surface area contributed by atoms with E-state index in [-0.39, 0.29) is 12.4 Å². The SMILES string of the molecule is COCC1(C)OCC(C)(C(=O)c2ccccc2)O1. The van der Waals surface area contributed by atoms with Crippen molar-refractivity contribution in [2.45, 2.75) is 25.2 Å². The zero-order valence-electron chi connectivity index (χ0n) is 10.9. The second-order valence-electron chi connectivity index (χ2n) is 4.88. The molecule has 0 spiro atoms. The molecule has 0 aromatic heterocycles. The maximum Gasteiger partial charge on any atom is 0.196 e. The van der Waals surface area contributed by atoms with Crippen molar-refractivity contribution in [3.05, 3.63) is 35.9 Å². The lowest BCUT2D eigenvalue weighted by atomic mass is 9.96. The minimum atomic E-state index is -0.950. The molecule has 4 heteroatoms. The minimum absolute atomic E-state index is 0.0667. The van der Waals surface area contributed by atoms with E-state index in [1.165, 1.54) is 0 Å². The van der Waals surface area contributed by atoms with Crippen LogP contribution < -0.4 is 0 Å². The summed E-state index contributed by atoms with van der Waals surface area (Å²) in [6.45, 7) is 4.06. The molecule has 1 aromatic rings. The Bertz CT molecular complexity index is 431. The minimum Gasteiger partial charge on any atom is -0.379 e. The first kappa shape index (κ1) is 13.2. The van der Waals surface area contributed by atoms with Crippen LogP contribution in [0.1, 0.15) is 24.2 Å². The highest BCUT2D eigenvalue weighted by Gasteiger charge is 2.49. The number of ketones is 1. The van der Waals surface area contributed by atoms with Crippen molar-refractivity contribution in [1.82, 2.24) is 0 Å². The van der Waals surface area contributed by atoms with E-state index in [4.69, 9.17) is 14.2 Å². The van der Waals surface area contributed by atoms with Crippen molar-refractivity contribution in [3.63, 3.8) is 0 Å². The summed E-state index contributed by atoms with van der Waals surface area (Å²) in [4.78, 5) is 12.4.